The predicted octanol–water partition coefficient (Wildman–Crippen LogP) is 0.586. The van der Waals surface area contributed by atoms with Crippen molar-refractivity contribution in [1.29, 1.82) is 0 Å². The topological polar surface area (TPSA) is 99.1 Å². The van der Waals surface area contributed by atoms with E-state index in [9.17, 15) is 18.6 Å². The van der Waals surface area contributed by atoms with Gasteiger partial charge in [-0.3, -0.25) is 4.90 Å². The number of benzene rings is 2. The normalized spacial score (nSPS) is 25.3. The molecule has 4 atom stereocenters. The van der Waals surface area contributed by atoms with Crippen molar-refractivity contribution in [3.05, 3.63) is 66.2 Å². The Morgan fingerprint density at radius 1 is 1.04 bits per heavy atom. The van der Waals surface area contributed by atoms with E-state index in [2.05, 4.69) is 4.72 Å². The van der Waals surface area contributed by atoms with Gasteiger partial charge in [0.05, 0.1) is 23.6 Å². The van der Waals surface area contributed by atoms with E-state index in [1.807, 2.05) is 42.3 Å². The Kier molecular flexibility index (Phi) is 6.82. The van der Waals surface area contributed by atoms with Crippen LogP contribution in [0.15, 0.2) is 65.6 Å². The molecule has 0 aliphatic carbocycles. The Morgan fingerprint density at radius 2 is 1.64 bits per heavy atom. The van der Waals surface area contributed by atoms with Gasteiger partial charge in [0, 0.05) is 13.1 Å². The van der Waals surface area contributed by atoms with Crippen molar-refractivity contribution in [1.82, 2.24) is 9.62 Å². The molecular weight excluding hydrogens is 380 g/mol. The zero-order chi connectivity index (χ0) is 20.1. The molecule has 0 radical (unpaired) electrons. The maximum Gasteiger partial charge on any atom is 0.240 e. The summed E-state index contributed by atoms with van der Waals surface area (Å²) < 4.78 is 33.3. The van der Waals surface area contributed by atoms with E-state index in [0.29, 0.717) is 6.54 Å². The van der Waals surface area contributed by atoms with Crippen LogP contribution in [0.3, 0.4) is 0 Å². The van der Waals surface area contributed by atoms with E-state index < -0.39 is 34.4 Å². The SMILES string of the molecule is CN(Cc1ccccc1)[C@H]1[C@H](O)[C@H](CO)O[C@@H]1CNS(=O)(=O)c1ccccc1. The van der Waals surface area contributed by atoms with Crippen molar-refractivity contribution in [2.75, 3.05) is 20.2 Å². The maximum absolute atomic E-state index is 12.5. The molecule has 1 aliphatic rings. The quantitative estimate of drug-likeness (QED) is 0.593. The van der Waals surface area contributed by atoms with Crippen LogP contribution in [0.1, 0.15) is 5.56 Å². The summed E-state index contributed by atoms with van der Waals surface area (Å²) >= 11 is 0. The van der Waals surface area contributed by atoms with Crippen LogP contribution in [0.2, 0.25) is 0 Å². The molecule has 1 saturated heterocycles. The molecule has 1 aliphatic heterocycles. The van der Waals surface area contributed by atoms with Gasteiger partial charge in [0.15, 0.2) is 0 Å². The number of aliphatic hydroxyl groups is 2. The lowest BCUT2D eigenvalue weighted by Crippen LogP contribution is -2.49. The summed E-state index contributed by atoms with van der Waals surface area (Å²) in [6, 6.07) is 17.4. The highest BCUT2D eigenvalue weighted by Gasteiger charge is 2.45. The van der Waals surface area contributed by atoms with E-state index in [0.717, 1.165) is 5.56 Å². The van der Waals surface area contributed by atoms with Gasteiger partial charge in [-0.15, -0.1) is 0 Å². The van der Waals surface area contributed by atoms with E-state index in [1.165, 1.54) is 12.1 Å². The van der Waals surface area contributed by atoms with Crippen LogP contribution >= 0.6 is 0 Å². The largest absolute Gasteiger partial charge is 0.394 e. The molecule has 28 heavy (non-hydrogen) atoms. The molecular formula is C20H26N2O5S. The summed E-state index contributed by atoms with van der Waals surface area (Å²) in [4.78, 5) is 2.10. The van der Waals surface area contributed by atoms with Crippen LogP contribution in [0.4, 0.5) is 0 Å². The molecule has 3 rings (SSSR count). The second-order valence-electron chi connectivity index (χ2n) is 6.94. The standard InChI is InChI=1S/C20H26N2O5S/c1-22(13-15-8-4-2-5-9-15)19-17(27-18(14-23)20(19)24)12-21-28(25,26)16-10-6-3-7-11-16/h2-11,17-21,23-24H,12-14H2,1H3/t17-,18+,19-,20-/m1/s1. The summed E-state index contributed by atoms with van der Waals surface area (Å²) in [6.07, 6.45) is -2.28. The maximum atomic E-state index is 12.5. The van der Waals surface area contributed by atoms with Crippen molar-refractivity contribution in [3.63, 3.8) is 0 Å². The van der Waals surface area contributed by atoms with E-state index in [-0.39, 0.29) is 18.0 Å². The number of likely N-dealkylation sites (N-methyl/N-ethyl adjacent to an activating group) is 1. The van der Waals surface area contributed by atoms with E-state index in [1.54, 1.807) is 18.2 Å². The first kappa shape index (κ1) is 20.9. The lowest BCUT2D eigenvalue weighted by Gasteiger charge is -2.30. The Bertz CT molecular complexity index is 847. The highest BCUT2D eigenvalue weighted by atomic mass is 32.2. The van der Waals surface area contributed by atoms with Gasteiger partial charge in [0.25, 0.3) is 0 Å². The van der Waals surface area contributed by atoms with Gasteiger partial charge in [0.1, 0.15) is 12.2 Å². The third-order valence-electron chi connectivity index (χ3n) is 4.95. The zero-order valence-electron chi connectivity index (χ0n) is 15.7. The van der Waals surface area contributed by atoms with Crippen molar-refractivity contribution >= 4 is 10.0 Å². The molecule has 1 heterocycles. The van der Waals surface area contributed by atoms with Crippen LogP contribution in [0, 0.1) is 0 Å². The van der Waals surface area contributed by atoms with Crippen LogP contribution in [0.25, 0.3) is 0 Å². The Morgan fingerprint density at radius 3 is 2.25 bits per heavy atom. The molecule has 2 aromatic rings. The summed E-state index contributed by atoms with van der Waals surface area (Å²) in [5, 5.41) is 20.1. The fraction of sp³-hybridized carbons (Fsp3) is 0.400. The first-order valence-corrected chi connectivity index (χ1v) is 10.6. The number of aliphatic hydroxyl groups excluding tert-OH is 2. The summed E-state index contributed by atoms with van der Waals surface area (Å²) in [5.41, 5.74) is 1.06. The number of ether oxygens (including phenoxy) is 1. The molecule has 0 amide bonds. The van der Waals surface area contributed by atoms with E-state index >= 15 is 0 Å². The van der Waals surface area contributed by atoms with Crippen molar-refractivity contribution in [2.45, 2.75) is 35.8 Å². The fourth-order valence-corrected chi connectivity index (χ4v) is 4.61. The molecule has 152 valence electrons. The highest BCUT2D eigenvalue weighted by Crippen LogP contribution is 2.26. The third-order valence-corrected chi connectivity index (χ3v) is 6.39. The number of nitrogens with one attached hydrogen (secondary N) is 1. The van der Waals surface area contributed by atoms with Crippen LogP contribution in [0.5, 0.6) is 0 Å². The first-order valence-electron chi connectivity index (χ1n) is 9.15. The fourth-order valence-electron chi connectivity index (χ4n) is 3.54. The molecule has 0 saturated carbocycles. The summed E-state index contributed by atoms with van der Waals surface area (Å²) in [6.45, 7) is 0.222. The minimum absolute atomic E-state index is 0.00537. The molecule has 8 heteroatoms. The van der Waals surface area contributed by atoms with Gasteiger partial charge < -0.3 is 14.9 Å². The van der Waals surface area contributed by atoms with Gasteiger partial charge in [-0.05, 0) is 24.7 Å². The second-order valence-corrected chi connectivity index (χ2v) is 8.71. The van der Waals surface area contributed by atoms with Crippen molar-refractivity contribution in [3.8, 4) is 0 Å². The zero-order valence-corrected chi connectivity index (χ0v) is 16.5. The lowest BCUT2D eigenvalue weighted by atomic mass is 10.0. The van der Waals surface area contributed by atoms with Crippen LogP contribution in [-0.4, -0.2) is 68.1 Å². The number of nitrogens with zero attached hydrogens (tertiary/aromatic N) is 1. The Balaban J connectivity index is 1.72. The number of hydrogen-bond acceptors (Lipinski definition) is 6. The minimum atomic E-state index is -3.69. The molecule has 0 unspecified atom stereocenters. The predicted molar refractivity (Wildman–Crippen MR) is 105 cm³/mol. The Labute approximate surface area is 165 Å². The Hall–Kier alpha value is -1.81. The molecule has 3 N–H and O–H groups in total. The van der Waals surface area contributed by atoms with Crippen molar-refractivity contribution in [2.24, 2.45) is 0 Å². The van der Waals surface area contributed by atoms with Crippen LogP contribution in [-0.2, 0) is 21.3 Å². The monoisotopic (exact) mass is 406 g/mol. The summed E-state index contributed by atoms with van der Waals surface area (Å²) in [7, 11) is -1.84. The second kappa shape index (κ2) is 9.13. The molecule has 1 fully saturated rings. The number of hydrogen-bond donors (Lipinski definition) is 3. The van der Waals surface area contributed by atoms with E-state index in [4.69, 9.17) is 4.74 Å². The third kappa shape index (κ3) is 4.78. The molecule has 2 aromatic carbocycles. The number of sulfonamides is 1. The van der Waals surface area contributed by atoms with Gasteiger partial charge in [0.2, 0.25) is 10.0 Å². The van der Waals surface area contributed by atoms with Gasteiger partial charge in [-0.25, -0.2) is 13.1 Å². The van der Waals surface area contributed by atoms with Crippen LogP contribution < -0.4 is 4.72 Å². The molecule has 0 aromatic heterocycles. The average Bonchev–Trinajstić information content (AvgIpc) is 3.03. The molecule has 0 bridgehead atoms. The van der Waals surface area contributed by atoms with Gasteiger partial charge >= 0.3 is 0 Å². The minimum Gasteiger partial charge on any atom is -0.394 e. The smallest absolute Gasteiger partial charge is 0.240 e. The highest BCUT2D eigenvalue weighted by molar-refractivity contribution is 7.89. The number of rotatable bonds is 8. The molecule has 7 nitrogen and oxygen atoms in total. The van der Waals surface area contributed by atoms with Gasteiger partial charge in [-0.2, -0.15) is 0 Å². The first-order chi connectivity index (χ1) is 13.4. The van der Waals surface area contributed by atoms with Gasteiger partial charge in [-0.1, -0.05) is 48.5 Å². The average molecular weight is 407 g/mol. The van der Waals surface area contributed by atoms with Crippen molar-refractivity contribution < 1.29 is 23.4 Å². The summed E-state index contributed by atoms with van der Waals surface area (Å²) in [5.74, 6) is 0. The lowest BCUT2D eigenvalue weighted by molar-refractivity contribution is -0.0201. The molecule has 0 spiro atoms.